The van der Waals surface area contributed by atoms with Gasteiger partial charge in [-0.15, -0.1) is 0 Å². The van der Waals surface area contributed by atoms with Crippen molar-refractivity contribution in [1.29, 1.82) is 0 Å². The van der Waals surface area contributed by atoms with Crippen LogP contribution in [0.15, 0.2) is 30.5 Å². The number of carbonyl (C=O) groups excluding carboxylic acids is 1. The van der Waals surface area contributed by atoms with Crippen LogP contribution in [-0.2, 0) is 15.7 Å². The van der Waals surface area contributed by atoms with E-state index in [0.29, 0.717) is 37.6 Å². The van der Waals surface area contributed by atoms with Gasteiger partial charge in [0.1, 0.15) is 0 Å². The number of nitrogens with zero attached hydrogens (tertiary/aromatic N) is 3. The Balaban J connectivity index is 1.48. The third-order valence-corrected chi connectivity index (χ3v) is 5.52. The van der Waals surface area contributed by atoms with E-state index < -0.39 is 11.7 Å². The molecule has 3 heterocycles. The Morgan fingerprint density at radius 3 is 2.52 bits per heavy atom. The maximum atomic E-state index is 13.0. The van der Waals surface area contributed by atoms with Crippen LogP contribution in [-0.4, -0.2) is 53.2 Å². The van der Waals surface area contributed by atoms with E-state index in [9.17, 15) is 18.0 Å². The number of likely N-dealkylation sites (tertiary alicyclic amines) is 1. The zero-order valence-corrected chi connectivity index (χ0v) is 16.0. The van der Waals surface area contributed by atoms with Crippen LogP contribution in [0.4, 0.5) is 13.2 Å². The second-order valence-electron chi connectivity index (χ2n) is 7.34. The van der Waals surface area contributed by atoms with Crippen molar-refractivity contribution in [3.8, 4) is 5.69 Å². The fourth-order valence-corrected chi connectivity index (χ4v) is 3.89. The highest BCUT2D eigenvalue weighted by molar-refractivity contribution is 5.95. The second kappa shape index (κ2) is 7.79. The summed E-state index contributed by atoms with van der Waals surface area (Å²) in [4.78, 5) is 14.7. The first kappa shape index (κ1) is 19.9. The standard InChI is InChI=1S/C20H22F3N3O3/c1-13-17(12-24-26(13)16-4-2-3-15(11-16)20(21,22)23)18(27)25-7-5-14(6-8-25)19-28-9-10-29-19/h2-4,11-12,14,19H,5-10H2,1H3. The molecule has 0 atom stereocenters. The molecule has 0 unspecified atom stereocenters. The zero-order chi connectivity index (χ0) is 20.6. The molecule has 9 heteroatoms. The van der Waals surface area contributed by atoms with Gasteiger partial charge in [-0.1, -0.05) is 6.07 Å². The summed E-state index contributed by atoms with van der Waals surface area (Å²) in [5, 5.41) is 4.16. The maximum Gasteiger partial charge on any atom is 0.416 e. The fraction of sp³-hybridized carbons (Fsp3) is 0.500. The topological polar surface area (TPSA) is 56.6 Å². The number of rotatable bonds is 3. The Morgan fingerprint density at radius 2 is 1.86 bits per heavy atom. The molecule has 0 aliphatic carbocycles. The maximum absolute atomic E-state index is 13.0. The number of halogens is 3. The van der Waals surface area contributed by atoms with Crippen molar-refractivity contribution in [2.24, 2.45) is 5.92 Å². The smallest absolute Gasteiger partial charge is 0.350 e. The van der Waals surface area contributed by atoms with Crippen molar-refractivity contribution >= 4 is 5.91 Å². The van der Waals surface area contributed by atoms with Gasteiger partial charge in [-0.05, 0) is 38.0 Å². The Morgan fingerprint density at radius 1 is 1.17 bits per heavy atom. The highest BCUT2D eigenvalue weighted by atomic mass is 19.4. The van der Waals surface area contributed by atoms with E-state index in [1.165, 1.54) is 23.0 Å². The van der Waals surface area contributed by atoms with Gasteiger partial charge < -0.3 is 14.4 Å². The van der Waals surface area contributed by atoms with Gasteiger partial charge in [0.2, 0.25) is 0 Å². The van der Waals surface area contributed by atoms with Crippen LogP contribution in [0.2, 0.25) is 0 Å². The molecule has 1 aromatic heterocycles. The number of carbonyl (C=O) groups is 1. The molecular weight excluding hydrogens is 387 g/mol. The summed E-state index contributed by atoms with van der Waals surface area (Å²) >= 11 is 0. The normalized spacial score (nSPS) is 19.1. The number of hydrogen-bond donors (Lipinski definition) is 0. The van der Waals surface area contributed by atoms with Crippen LogP contribution in [0.5, 0.6) is 0 Å². The molecule has 156 valence electrons. The SMILES string of the molecule is Cc1c(C(=O)N2CCC(C3OCCO3)CC2)cnn1-c1cccc(C(F)(F)F)c1. The number of hydrogen-bond acceptors (Lipinski definition) is 4. The van der Waals surface area contributed by atoms with Crippen LogP contribution in [0, 0.1) is 12.8 Å². The Bertz CT molecular complexity index is 883. The predicted molar refractivity (Wildman–Crippen MR) is 97.6 cm³/mol. The van der Waals surface area contributed by atoms with Crippen molar-refractivity contribution in [3.05, 3.63) is 47.3 Å². The van der Waals surface area contributed by atoms with Crippen LogP contribution < -0.4 is 0 Å². The fourth-order valence-electron chi connectivity index (χ4n) is 3.89. The molecule has 2 aromatic rings. The third-order valence-electron chi connectivity index (χ3n) is 5.52. The molecule has 2 fully saturated rings. The van der Waals surface area contributed by atoms with Gasteiger partial charge in [-0.25, -0.2) is 4.68 Å². The predicted octanol–water partition coefficient (Wildman–Crippen LogP) is 3.42. The lowest BCUT2D eigenvalue weighted by atomic mass is 9.95. The quantitative estimate of drug-likeness (QED) is 0.780. The first-order chi connectivity index (χ1) is 13.8. The van der Waals surface area contributed by atoms with Crippen molar-refractivity contribution < 1.29 is 27.4 Å². The lowest BCUT2D eigenvalue weighted by Crippen LogP contribution is -2.41. The van der Waals surface area contributed by atoms with E-state index in [2.05, 4.69) is 5.10 Å². The first-order valence-corrected chi connectivity index (χ1v) is 9.59. The van der Waals surface area contributed by atoms with Crippen LogP contribution in [0.25, 0.3) is 5.69 Å². The summed E-state index contributed by atoms with van der Waals surface area (Å²) in [6.07, 6.45) is -1.62. The number of amides is 1. The molecular formula is C20H22F3N3O3. The van der Waals surface area contributed by atoms with Gasteiger partial charge >= 0.3 is 6.18 Å². The van der Waals surface area contributed by atoms with E-state index in [0.717, 1.165) is 25.0 Å². The molecule has 29 heavy (non-hydrogen) atoms. The highest BCUT2D eigenvalue weighted by Gasteiger charge is 2.33. The van der Waals surface area contributed by atoms with E-state index in [-0.39, 0.29) is 23.8 Å². The molecule has 0 spiro atoms. The molecule has 1 aromatic carbocycles. The summed E-state index contributed by atoms with van der Waals surface area (Å²) in [5.41, 5.74) is 0.426. The minimum absolute atomic E-state index is 0.160. The Labute approximate surface area is 166 Å². The molecule has 0 N–H and O–H groups in total. The molecule has 0 bridgehead atoms. The van der Waals surface area contributed by atoms with E-state index in [1.807, 2.05) is 0 Å². The van der Waals surface area contributed by atoms with E-state index >= 15 is 0 Å². The monoisotopic (exact) mass is 409 g/mol. The van der Waals surface area contributed by atoms with Crippen LogP contribution in [0.3, 0.4) is 0 Å². The number of ether oxygens (including phenoxy) is 2. The highest BCUT2D eigenvalue weighted by Crippen LogP contribution is 2.31. The van der Waals surface area contributed by atoms with Crippen molar-refractivity contribution in [3.63, 3.8) is 0 Å². The summed E-state index contributed by atoms with van der Waals surface area (Å²) in [5.74, 6) is 0.114. The number of alkyl halides is 3. The van der Waals surface area contributed by atoms with E-state index in [1.54, 1.807) is 11.8 Å². The van der Waals surface area contributed by atoms with E-state index in [4.69, 9.17) is 9.47 Å². The molecule has 0 saturated carbocycles. The summed E-state index contributed by atoms with van der Waals surface area (Å²) in [6.45, 7) is 4.07. The Hall–Kier alpha value is -2.39. The summed E-state index contributed by atoms with van der Waals surface area (Å²) < 4.78 is 51.5. The molecule has 1 amide bonds. The van der Waals surface area contributed by atoms with Crippen molar-refractivity contribution in [2.45, 2.75) is 32.2 Å². The lowest BCUT2D eigenvalue weighted by Gasteiger charge is -2.33. The summed E-state index contributed by atoms with van der Waals surface area (Å²) in [7, 11) is 0. The average molecular weight is 409 g/mol. The summed E-state index contributed by atoms with van der Waals surface area (Å²) in [6, 6.07) is 4.91. The Kier molecular flexibility index (Phi) is 5.35. The number of benzene rings is 1. The molecule has 6 nitrogen and oxygen atoms in total. The van der Waals surface area contributed by atoms with Crippen LogP contribution in [0.1, 0.15) is 34.5 Å². The molecule has 2 aliphatic rings. The lowest BCUT2D eigenvalue weighted by molar-refractivity contribution is -0.137. The zero-order valence-electron chi connectivity index (χ0n) is 16.0. The third kappa shape index (κ3) is 4.02. The van der Waals surface area contributed by atoms with Gasteiger partial charge in [0.15, 0.2) is 6.29 Å². The van der Waals surface area contributed by atoms with Crippen molar-refractivity contribution in [2.75, 3.05) is 26.3 Å². The van der Waals surface area contributed by atoms with Gasteiger partial charge in [-0.2, -0.15) is 18.3 Å². The minimum Gasteiger partial charge on any atom is -0.350 e. The van der Waals surface area contributed by atoms with Crippen LogP contribution >= 0.6 is 0 Å². The molecule has 2 aliphatic heterocycles. The first-order valence-electron chi connectivity index (χ1n) is 9.59. The second-order valence-corrected chi connectivity index (χ2v) is 7.34. The number of aromatic nitrogens is 2. The largest absolute Gasteiger partial charge is 0.416 e. The average Bonchev–Trinajstić information content (AvgIpc) is 3.37. The number of piperidine rings is 1. The van der Waals surface area contributed by atoms with Gasteiger partial charge in [0.05, 0.1) is 41.9 Å². The molecule has 2 saturated heterocycles. The van der Waals surface area contributed by atoms with Gasteiger partial charge in [0.25, 0.3) is 5.91 Å². The van der Waals surface area contributed by atoms with Crippen molar-refractivity contribution in [1.82, 2.24) is 14.7 Å². The molecule has 0 radical (unpaired) electrons. The molecule has 4 rings (SSSR count). The minimum atomic E-state index is -4.44. The van der Waals surface area contributed by atoms with Gasteiger partial charge in [-0.3, -0.25) is 4.79 Å². The van der Waals surface area contributed by atoms with Gasteiger partial charge in [0, 0.05) is 19.0 Å².